The number of amides is 1. The van der Waals surface area contributed by atoms with Gasteiger partial charge in [-0.2, -0.15) is 0 Å². The lowest BCUT2D eigenvalue weighted by molar-refractivity contribution is -0.117. The molecular weight excluding hydrogens is 538 g/mol. The average Bonchev–Trinajstić information content (AvgIpc) is 3.54. The van der Waals surface area contributed by atoms with Gasteiger partial charge in [0.2, 0.25) is 5.91 Å². The molecule has 12 heteroatoms. The van der Waals surface area contributed by atoms with Gasteiger partial charge in [-0.05, 0) is 36.6 Å². The second-order valence-electron chi connectivity index (χ2n) is 12.3. The van der Waals surface area contributed by atoms with Gasteiger partial charge in [-0.1, -0.05) is 26.6 Å². The van der Waals surface area contributed by atoms with Gasteiger partial charge >= 0.3 is 0 Å². The molecule has 1 N–H and O–H groups in total. The summed E-state index contributed by atoms with van der Waals surface area (Å²) in [4.78, 5) is 37.6. The average molecular weight is 576 g/mol. The summed E-state index contributed by atoms with van der Waals surface area (Å²) in [7, 11) is -1.27. The molecule has 1 amide bonds. The summed E-state index contributed by atoms with van der Waals surface area (Å²) < 4.78 is 14.8. The van der Waals surface area contributed by atoms with Crippen molar-refractivity contribution in [2.24, 2.45) is 11.8 Å². The molecule has 6 rings (SSSR count). The minimum absolute atomic E-state index is 0.00838. The molecule has 4 aromatic heterocycles. The molecular formula is C29H37N7O4Si. The standard InChI is InChI=1S/C29H37N7O4Si/c1-19-13-21(19)28(37)31-25-14-22-23(15-30-25)29(38)35(18-40-11-12-41(2,3)4)17-24(22)27-32-26-6-5-20(16-36(26)33-27)34-7-9-39-10-8-34/h5-6,14-17,19,21H,7-13,18H2,1-4H3,(H,30,31,37)/t19-,21+/m1/s1. The van der Waals surface area contributed by atoms with Crippen molar-refractivity contribution in [1.29, 1.82) is 0 Å². The molecule has 0 aromatic carbocycles. The number of anilines is 2. The van der Waals surface area contributed by atoms with E-state index in [4.69, 9.17) is 19.6 Å². The van der Waals surface area contributed by atoms with Gasteiger partial charge in [0.1, 0.15) is 12.5 Å². The fraction of sp³-hybridized carbons (Fsp3) is 0.483. The van der Waals surface area contributed by atoms with E-state index in [1.165, 1.54) is 6.20 Å². The number of hydrogen-bond acceptors (Lipinski definition) is 8. The Kier molecular flexibility index (Phi) is 7.39. The van der Waals surface area contributed by atoms with E-state index in [1.54, 1.807) is 21.3 Å². The van der Waals surface area contributed by atoms with E-state index in [2.05, 4.69) is 41.8 Å². The largest absolute Gasteiger partial charge is 0.378 e. The molecule has 41 heavy (non-hydrogen) atoms. The lowest BCUT2D eigenvalue weighted by Gasteiger charge is -2.28. The molecule has 1 saturated heterocycles. The molecule has 1 saturated carbocycles. The van der Waals surface area contributed by atoms with Crippen LogP contribution >= 0.6 is 0 Å². The second kappa shape index (κ2) is 11.0. The highest BCUT2D eigenvalue weighted by Gasteiger charge is 2.39. The maximum absolute atomic E-state index is 13.5. The predicted octanol–water partition coefficient (Wildman–Crippen LogP) is 3.85. The minimum Gasteiger partial charge on any atom is -0.378 e. The van der Waals surface area contributed by atoms with E-state index < -0.39 is 8.07 Å². The molecule has 0 radical (unpaired) electrons. The second-order valence-corrected chi connectivity index (χ2v) is 17.9. The van der Waals surface area contributed by atoms with Crippen LogP contribution in [-0.2, 0) is 21.0 Å². The van der Waals surface area contributed by atoms with Gasteiger partial charge in [-0.3, -0.25) is 14.2 Å². The normalized spacial score (nSPS) is 19.2. The van der Waals surface area contributed by atoms with Crippen molar-refractivity contribution < 1.29 is 14.3 Å². The first kappa shape index (κ1) is 27.6. The molecule has 0 unspecified atom stereocenters. The zero-order valence-electron chi connectivity index (χ0n) is 24.1. The first-order chi connectivity index (χ1) is 19.7. The summed E-state index contributed by atoms with van der Waals surface area (Å²) in [5.74, 6) is 1.23. The lowest BCUT2D eigenvalue weighted by atomic mass is 10.1. The van der Waals surface area contributed by atoms with Crippen molar-refractivity contribution in [3.05, 3.63) is 47.1 Å². The van der Waals surface area contributed by atoms with Crippen LogP contribution < -0.4 is 15.8 Å². The summed E-state index contributed by atoms with van der Waals surface area (Å²) in [5, 5.41) is 8.79. The molecule has 5 heterocycles. The molecule has 4 aromatic rings. The summed E-state index contributed by atoms with van der Waals surface area (Å²) in [6.45, 7) is 12.7. The maximum Gasteiger partial charge on any atom is 0.261 e. The fourth-order valence-corrected chi connectivity index (χ4v) is 5.83. The van der Waals surface area contributed by atoms with Crippen LogP contribution in [0.2, 0.25) is 25.7 Å². The van der Waals surface area contributed by atoms with Crippen LogP contribution in [0.15, 0.2) is 41.6 Å². The third kappa shape index (κ3) is 6.04. The molecule has 2 atom stereocenters. The number of nitrogens with one attached hydrogen (secondary N) is 1. The van der Waals surface area contributed by atoms with Crippen LogP contribution in [0.1, 0.15) is 13.3 Å². The van der Waals surface area contributed by atoms with Crippen molar-refractivity contribution in [1.82, 2.24) is 24.1 Å². The number of carbonyl (C=O) groups is 1. The Balaban J connectivity index is 1.38. The highest BCUT2D eigenvalue weighted by molar-refractivity contribution is 6.76. The van der Waals surface area contributed by atoms with Crippen molar-refractivity contribution >= 4 is 41.9 Å². The van der Waals surface area contributed by atoms with Gasteiger partial charge in [0.25, 0.3) is 5.56 Å². The zero-order chi connectivity index (χ0) is 28.7. The smallest absolute Gasteiger partial charge is 0.261 e. The van der Waals surface area contributed by atoms with E-state index >= 15 is 0 Å². The van der Waals surface area contributed by atoms with E-state index in [1.807, 2.05) is 18.3 Å². The molecule has 1 aliphatic carbocycles. The Labute approximate surface area is 239 Å². The predicted molar refractivity (Wildman–Crippen MR) is 161 cm³/mol. The first-order valence-corrected chi connectivity index (χ1v) is 18.0. The van der Waals surface area contributed by atoms with Crippen molar-refractivity contribution in [3.63, 3.8) is 0 Å². The van der Waals surface area contributed by atoms with E-state index in [0.29, 0.717) is 59.4 Å². The van der Waals surface area contributed by atoms with Crippen molar-refractivity contribution in [2.75, 3.05) is 43.1 Å². The van der Waals surface area contributed by atoms with Crippen LogP contribution in [0.25, 0.3) is 27.8 Å². The number of fused-ring (bicyclic) bond motifs is 2. The van der Waals surface area contributed by atoms with Gasteiger partial charge < -0.3 is 19.7 Å². The number of pyridine rings is 3. The maximum atomic E-state index is 13.5. The summed E-state index contributed by atoms with van der Waals surface area (Å²) in [6.07, 6.45) is 6.13. The van der Waals surface area contributed by atoms with Gasteiger partial charge in [0, 0.05) is 57.0 Å². The molecule has 0 spiro atoms. The Hall–Kier alpha value is -3.61. The Morgan fingerprint density at radius 2 is 1.95 bits per heavy atom. The number of aromatic nitrogens is 5. The monoisotopic (exact) mass is 575 g/mol. The highest BCUT2D eigenvalue weighted by Crippen LogP contribution is 2.38. The summed E-state index contributed by atoms with van der Waals surface area (Å²) in [5.41, 5.74) is 2.20. The third-order valence-corrected chi connectivity index (χ3v) is 9.53. The van der Waals surface area contributed by atoms with Crippen molar-refractivity contribution in [2.45, 2.75) is 45.8 Å². The van der Waals surface area contributed by atoms with Crippen LogP contribution in [0, 0.1) is 11.8 Å². The molecule has 216 valence electrons. The van der Waals surface area contributed by atoms with Gasteiger partial charge in [0.15, 0.2) is 11.5 Å². The number of ether oxygens (including phenoxy) is 2. The highest BCUT2D eigenvalue weighted by atomic mass is 28.3. The number of morpholine rings is 1. The van der Waals surface area contributed by atoms with Crippen molar-refractivity contribution in [3.8, 4) is 11.4 Å². The first-order valence-electron chi connectivity index (χ1n) is 14.3. The lowest BCUT2D eigenvalue weighted by Crippen LogP contribution is -2.36. The minimum atomic E-state index is -1.27. The van der Waals surface area contributed by atoms with E-state index in [9.17, 15) is 9.59 Å². The van der Waals surface area contributed by atoms with Crippen LogP contribution in [0.3, 0.4) is 0 Å². The number of carbonyl (C=O) groups excluding carboxylic acids is 1. The van der Waals surface area contributed by atoms with Crippen LogP contribution in [0.5, 0.6) is 0 Å². The van der Waals surface area contributed by atoms with E-state index in [-0.39, 0.29) is 24.1 Å². The molecule has 2 fully saturated rings. The number of hydrogen-bond donors (Lipinski definition) is 1. The van der Waals surface area contributed by atoms with E-state index in [0.717, 1.165) is 31.2 Å². The quantitative estimate of drug-likeness (QED) is 0.236. The SMILES string of the molecule is C[C@@H]1C[C@@H]1C(=O)Nc1cc2c(-c3nc4ccc(N5CCOCC5)cn4n3)cn(COCC[Si](C)(C)C)c(=O)c2cn1. The Morgan fingerprint density at radius 3 is 2.68 bits per heavy atom. The van der Waals surface area contributed by atoms with Gasteiger partial charge in [-0.15, -0.1) is 5.10 Å². The molecule has 1 aliphatic heterocycles. The summed E-state index contributed by atoms with van der Waals surface area (Å²) >= 11 is 0. The molecule has 2 aliphatic rings. The molecule has 11 nitrogen and oxygen atoms in total. The zero-order valence-corrected chi connectivity index (χ0v) is 25.1. The summed E-state index contributed by atoms with van der Waals surface area (Å²) in [6, 6.07) is 6.74. The number of rotatable bonds is 9. The van der Waals surface area contributed by atoms with Crippen LogP contribution in [-0.4, -0.2) is 71.0 Å². The fourth-order valence-electron chi connectivity index (χ4n) is 5.07. The topological polar surface area (TPSA) is 116 Å². The van der Waals surface area contributed by atoms with Crippen LogP contribution in [0.4, 0.5) is 11.5 Å². The van der Waals surface area contributed by atoms with Gasteiger partial charge in [-0.25, -0.2) is 14.5 Å². The Morgan fingerprint density at radius 1 is 1.17 bits per heavy atom. The third-order valence-electron chi connectivity index (χ3n) is 7.83. The Bertz CT molecular complexity index is 1650. The number of nitrogens with zero attached hydrogens (tertiary/aromatic N) is 6. The molecule has 0 bridgehead atoms. The van der Waals surface area contributed by atoms with Gasteiger partial charge in [0.05, 0.1) is 30.5 Å².